The van der Waals surface area contributed by atoms with E-state index in [9.17, 15) is 4.79 Å². The Morgan fingerprint density at radius 2 is 2.10 bits per heavy atom. The van der Waals surface area contributed by atoms with Crippen LogP contribution in [-0.2, 0) is 9.53 Å². The molecule has 116 valence electrons. The van der Waals surface area contributed by atoms with E-state index in [-0.39, 0.29) is 11.9 Å². The second-order valence-corrected chi connectivity index (χ2v) is 7.02. The third-order valence-corrected chi connectivity index (χ3v) is 5.25. The maximum Gasteiger partial charge on any atom is 0.331 e. The molecule has 0 aliphatic heterocycles. The lowest BCUT2D eigenvalue weighted by Gasteiger charge is -2.45. The fraction of sp³-hybridized carbons (Fsp3) is 0.588. The molecule has 1 N–H and O–H groups in total. The summed E-state index contributed by atoms with van der Waals surface area (Å²) in [7, 11) is 1.48. The van der Waals surface area contributed by atoms with Gasteiger partial charge in [0.25, 0.3) is 0 Å². The fourth-order valence-corrected chi connectivity index (χ4v) is 3.93. The van der Waals surface area contributed by atoms with Crippen LogP contribution in [-0.4, -0.2) is 18.6 Å². The number of esters is 1. The molecule has 0 bridgehead atoms. The van der Waals surface area contributed by atoms with Gasteiger partial charge in [-0.15, -0.1) is 0 Å². The minimum atomic E-state index is -0.620. The number of halogens is 1. The van der Waals surface area contributed by atoms with Crippen LogP contribution in [0, 0.1) is 11.8 Å². The predicted molar refractivity (Wildman–Crippen MR) is 89.3 cm³/mol. The van der Waals surface area contributed by atoms with Crippen LogP contribution in [0.5, 0.6) is 0 Å². The molecule has 21 heavy (non-hydrogen) atoms. The van der Waals surface area contributed by atoms with Gasteiger partial charge in [-0.1, -0.05) is 38.8 Å². The molecule has 2 atom stereocenters. The molecular weight excluding hydrogens is 330 g/mol. The van der Waals surface area contributed by atoms with Gasteiger partial charge in [0.15, 0.2) is 0 Å². The average molecular weight is 354 g/mol. The first kappa shape index (κ1) is 16.3. The quantitative estimate of drug-likeness (QED) is 0.802. The lowest BCUT2D eigenvalue weighted by molar-refractivity contribution is -0.150. The van der Waals surface area contributed by atoms with Crippen LogP contribution in [0.2, 0.25) is 0 Å². The van der Waals surface area contributed by atoms with Crippen LogP contribution < -0.4 is 5.32 Å². The van der Waals surface area contributed by atoms with Crippen molar-refractivity contribution in [3.63, 3.8) is 0 Å². The molecule has 1 aromatic rings. The largest absolute Gasteiger partial charge is 0.467 e. The van der Waals surface area contributed by atoms with E-state index in [0.717, 1.165) is 29.4 Å². The zero-order valence-electron chi connectivity index (χ0n) is 13.0. The Morgan fingerprint density at radius 1 is 1.38 bits per heavy atom. The van der Waals surface area contributed by atoms with Crippen molar-refractivity contribution in [2.24, 2.45) is 11.8 Å². The third-order valence-electron chi connectivity index (χ3n) is 4.56. The lowest BCUT2D eigenvalue weighted by atomic mass is 9.67. The molecule has 3 nitrogen and oxygen atoms in total. The van der Waals surface area contributed by atoms with E-state index in [0.29, 0.717) is 5.92 Å². The minimum Gasteiger partial charge on any atom is -0.467 e. The molecule has 1 fully saturated rings. The van der Waals surface area contributed by atoms with Gasteiger partial charge in [-0.2, -0.15) is 0 Å². The summed E-state index contributed by atoms with van der Waals surface area (Å²) in [4.78, 5) is 12.6. The highest BCUT2D eigenvalue weighted by Crippen LogP contribution is 2.42. The molecule has 1 saturated carbocycles. The van der Waals surface area contributed by atoms with Gasteiger partial charge in [-0.05, 0) is 52.7 Å². The van der Waals surface area contributed by atoms with E-state index in [1.54, 1.807) is 0 Å². The number of rotatable bonds is 4. The smallest absolute Gasteiger partial charge is 0.331 e. The van der Waals surface area contributed by atoms with Crippen LogP contribution in [0.25, 0.3) is 0 Å². The topological polar surface area (TPSA) is 38.3 Å². The lowest BCUT2D eigenvalue weighted by Crippen LogP contribution is -2.56. The maximum atomic E-state index is 12.6. The first-order valence-electron chi connectivity index (χ1n) is 7.62. The summed E-state index contributed by atoms with van der Waals surface area (Å²) < 4.78 is 6.14. The van der Waals surface area contributed by atoms with Crippen LogP contribution in [0.3, 0.4) is 0 Å². The number of methoxy groups -OCH3 is 1. The van der Waals surface area contributed by atoms with Gasteiger partial charge in [-0.25, -0.2) is 4.79 Å². The number of benzene rings is 1. The summed E-state index contributed by atoms with van der Waals surface area (Å²) >= 11 is 3.56. The summed E-state index contributed by atoms with van der Waals surface area (Å²) in [6.07, 6.45) is 4.11. The Labute approximate surface area is 135 Å². The summed E-state index contributed by atoms with van der Waals surface area (Å²) in [5.41, 5.74) is 0.334. The van der Waals surface area contributed by atoms with Crippen LogP contribution in [0.4, 0.5) is 5.69 Å². The Hall–Kier alpha value is -1.03. The number of hydrogen-bond donors (Lipinski definition) is 1. The van der Waals surface area contributed by atoms with Gasteiger partial charge in [0.05, 0.1) is 7.11 Å². The third kappa shape index (κ3) is 3.25. The summed E-state index contributed by atoms with van der Waals surface area (Å²) in [5.74, 6) is 0.571. The normalized spacial score (nSPS) is 25.7. The molecular formula is C17H24BrNO2. The number of carbonyl (C=O) groups is 1. The number of ether oxygens (including phenoxy) is 1. The van der Waals surface area contributed by atoms with Crippen molar-refractivity contribution in [3.05, 3.63) is 28.7 Å². The highest BCUT2D eigenvalue weighted by molar-refractivity contribution is 9.10. The van der Waals surface area contributed by atoms with Gasteiger partial charge < -0.3 is 10.1 Å². The zero-order chi connectivity index (χ0) is 15.5. The molecule has 4 heteroatoms. The second kappa shape index (κ2) is 6.82. The number of carbonyl (C=O) groups excluding carboxylic acids is 1. The van der Waals surface area contributed by atoms with Crippen molar-refractivity contribution < 1.29 is 9.53 Å². The Balaban J connectivity index is 2.41. The maximum absolute atomic E-state index is 12.6. The van der Waals surface area contributed by atoms with Gasteiger partial charge in [0.2, 0.25) is 0 Å². The van der Waals surface area contributed by atoms with E-state index in [4.69, 9.17) is 4.74 Å². The Bertz CT molecular complexity index is 503. The van der Waals surface area contributed by atoms with E-state index < -0.39 is 5.54 Å². The molecule has 0 spiro atoms. The van der Waals surface area contributed by atoms with Gasteiger partial charge >= 0.3 is 5.97 Å². The van der Waals surface area contributed by atoms with Crippen LogP contribution in [0.15, 0.2) is 28.7 Å². The van der Waals surface area contributed by atoms with Gasteiger partial charge in [0.1, 0.15) is 5.54 Å². The van der Waals surface area contributed by atoms with Crippen molar-refractivity contribution in [2.75, 3.05) is 12.4 Å². The highest BCUT2D eigenvalue weighted by Gasteiger charge is 2.49. The highest BCUT2D eigenvalue weighted by atomic mass is 79.9. The SMILES string of the molecule is COC(=O)C1(Nc2ccccc2Br)CCCCC1C(C)C. The number of nitrogens with one attached hydrogen (secondary N) is 1. The summed E-state index contributed by atoms with van der Waals surface area (Å²) in [6.45, 7) is 4.38. The van der Waals surface area contributed by atoms with Gasteiger partial charge in [-0.3, -0.25) is 0 Å². The minimum absolute atomic E-state index is 0.142. The van der Waals surface area contributed by atoms with E-state index in [1.807, 2.05) is 24.3 Å². The number of anilines is 1. The van der Waals surface area contributed by atoms with E-state index >= 15 is 0 Å². The second-order valence-electron chi connectivity index (χ2n) is 6.16. The Morgan fingerprint density at radius 3 is 2.71 bits per heavy atom. The molecule has 0 heterocycles. The van der Waals surface area contributed by atoms with Crippen LogP contribution >= 0.6 is 15.9 Å². The summed E-state index contributed by atoms with van der Waals surface area (Å²) in [5, 5.41) is 3.52. The van der Waals surface area contributed by atoms with Crippen molar-refractivity contribution in [2.45, 2.75) is 45.1 Å². The van der Waals surface area contributed by atoms with Crippen molar-refractivity contribution in [1.29, 1.82) is 0 Å². The number of hydrogen-bond acceptors (Lipinski definition) is 3. The first-order chi connectivity index (χ1) is 10.0. The van der Waals surface area contributed by atoms with Crippen molar-refractivity contribution >= 4 is 27.6 Å². The van der Waals surface area contributed by atoms with E-state index in [1.165, 1.54) is 13.5 Å². The molecule has 0 amide bonds. The molecule has 0 saturated heterocycles. The van der Waals surface area contributed by atoms with Crippen molar-refractivity contribution in [1.82, 2.24) is 0 Å². The zero-order valence-corrected chi connectivity index (χ0v) is 14.6. The monoisotopic (exact) mass is 353 g/mol. The first-order valence-corrected chi connectivity index (χ1v) is 8.41. The molecule has 1 aromatic carbocycles. The van der Waals surface area contributed by atoms with Crippen molar-refractivity contribution in [3.8, 4) is 0 Å². The molecule has 0 radical (unpaired) electrons. The fourth-order valence-electron chi connectivity index (χ4n) is 3.55. The standard InChI is InChI=1S/C17H24BrNO2/c1-12(2)13-8-6-7-11-17(13,16(20)21-3)19-15-10-5-4-9-14(15)18/h4-5,9-10,12-13,19H,6-8,11H2,1-3H3. The average Bonchev–Trinajstić information content (AvgIpc) is 2.49. The van der Waals surface area contributed by atoms with Crippen LogP contribution in [0.1, 0.15) is 39.5 Å². The molecule has 0 aromatic heterocycles. The Kier molecular flexibility index (Phi) is 5.31. The van der Waals surface area contributed by atoms with E-state index in [2.05, 4.69) is 35.1 Å². The predicted octanol–water partition coefficient (Wildman–Crippen LogP) is 4.62. The summed E-state index contributed by atoms with van der Waals surface area (Å²) in [6, 6.07) is 7.94. The molecule has 2 unspecified atom stereocenters. The van der Waals surface area contributed by atoms with Gasteiger partial charge in [0, 0.05) is 10.2 Å². The number of para-hydroxylation sites is 1. The molecule has 1 aliphatic carbocycles. The molecule has 2 rings (SSSR count). The molecule has 1 aliphatic rings.